The van der Waals surface area contributed by atoms with Crippen molar-refractivity contribution in [3.8, 4) is 11.3 Å². The highest BCUT2D eigenvalue weighted by Gasteiger charge is 2.58. The fourth-order valence-corrected chi connectivity index (χ4v) is 15.0. The van der Waals surface area contributed by atoms with Gasteiger partial charge in [-0.25, -0.2) is 13.2 Å². The minimum absolute atomic E-state index is 0.0464. The Bertz CT molecular complexity index is 3990. The lowest BCUT2D eigenvalue weighted by Crippen LogP contribution is -2.60. The van der Waals surface area contributed by atoms with Crippen molar-refractivity contribution >= 4 is 112 Å². The number of rotatable bonds is 6. The van der Waals surface area contributed by atoms with Crippen LogP contribution in [-0.4, -0.2) is 12.3 Å². The van der Waals surface area contributed by atoms with Gasteiger partial charge >= 0.3 is 0 Å². The SMILES string of the molecule is C=C(C)c1c(F)c(F)c(F)c(/C=C/C)c1-c1cc2cc3c(cc2o1)N(c1ccccc1)c1cc(N2c4ccccc4C4(C)CCCCC24C)cc2c1B3c1sc3ccc(C(C)(C)C)cc3c1N2c1ccc(C(C)(C)C)cc1. The fraction of sp³-hybridized carbons (Fsp3) is 0.265. The van der Waals surface area contributed by atoms with Crippen molar-refractivity contribution in [2.24, 2.45) is 0 Å². The molecule has 2 unspecified atom stereocenters. The average molecular weight is 1040 g/mol. The van der Waals surface area contributed by atoms with Gasteiger partial charge in [0, 0.05) is 88.2 Å². The Labute approximate surface area is 455 Å². The van der Waals surface area contributed by atoms with E-state index in [2.05, 4.69) is 198 Å². The van der Waals surface area contributed by atoms with Crippen molar-refractivity contribution in [1.29, 1.82) is 0 Å². The second-order valence-electron chi connectivity index (χ2n) is 24.5. The van der Waals surface area contributed by atoms with Gasteiger partial charge in [-0.1, -0.05) is 141 Å². The van der Waals surface area contributed by atoms with Crippen molar-refractivity contribution < 1.29 is 17.6 Å². The molecule has 7 aromatic carbocycles. The first-order chi connectivity index (χ1) is 36.7. The van der Waals surface area contributed by atoms with E-state index in [4.69, 9.17) is 4.42 Å². The highest BCUT2D eigenvalue weighted by atomic mass is 32.1. The summed E-state index contributed by atoms with van der Waals surface area (Å²) in [5.41, 5.74) is 15.2. The van der Waals surface area contributed by atoms with E-state index in [9.17, 15) is 0 Å². The summed E-state index contributed by atoms with van der Waals surface area (Å²) in [4.78, 5) is 7.66. The van der Waals surface area contributed by atoms with Crippen LogP contribution in [0.4, 0.5) is 58.7 Å². The molecule has 0 amide bonds. The van der Waals surface area contributed by atoms with Crippen LogP contribution in [0, 0.1) is 17.5 Å². The topological polar surface area (TPSA) is 22.9 Å². The van der Waals surface area contributed by atoms with E-state index in [1.165, 1.54) is 60.9 Å². The number of fused-ring (bicyclic) bond motifs is 10. The second kappa shape index (κ2) is 17.1. The van der Waals surface area contributed by atoms with Crippen LogP contribution in [0.3, 0.4) is 0 Å². The summed E-state index contributed by atoms with van der Waals surface area (Å²) in [6.45, 7) is 25.8. The molecular formula is C68H63BF3N3OS. The second-order valence-corrected chi connectivity index (χ2v) is 25.6. The molecule has 2 aromatic heterocycles. The van der Waals surface area contributed by atoms with Gasteiger partial charge in [-0.3, -0.25) is 0 Å². The zero-order chi connectivity index (χ0) is 53.8. The zero-order valence-electron chi connectivity index (χ0n) is 45.7. The smallest absolute Gasteiger partial charge is 0.264 e. The van der Waals surface area contributed by atoms with Crippen LogP contribution >= 0.6 is 11.3 Å². The van der Waals surface area contributed by atoms with Gasteiger partial charge in [-0.05, 0) is 138 Å². The molecule has 4 aliphatic rings. The fourth-order valence-electron chi connectivity index (χ4n) is 13.7. The van der Waals surface area contributed by atoms with Crippen LogP contribution in [0.2, 0.25) is 0 Å². The van der Waals surface area contributed by atoms with Gasteiger partial charge in [0.05, 0.1) is 11.2 Å². The minimum atomic E-state index is -1.54. The summed E-state index contributed by atoms with van der Waals surface area (Å²) in [6.07, 6.45) is 7.58. The molecule has 0 saturated heterocycles. The Balaban J connectivity index is 1.16. The van der Waals surface area contributed by atoms with E-state index in [1.807, 2.05) is 17.4 Å². The molecule has 9 heteroatoms. The molecule has 13 rings (SSSR count). The maximum absolute atomic E-state index is 16.1. The van der Waals surface area contributed by atoms with E-state index < -0.39 is 17.5 Å². The predicted molar refractivity (Wildman–Crippen MR) is 321 cm³/mol. The van der Waals surface area contributed by atoms with Crippen LogP contribution in [0.15, 0.2) is 144 Å². The predicted octanol–water partition coefficient (Wildman–Crippen LogP) is 18.2. The third-order valence-corrected chi connectivity index (χ3v) is 19.0. The van der Waals surface area contributed by atoms with Crippen molar-refractivity contribution in [2.75, 3.05) is 14.7 Å². The van der Waals surface area contributed by atoms with Crippen LogP contribution in [0.5, 0.6) is 0 Å². The number of allylic oxidation sites excluding steroid dienone is 2. The largest absolute Gasteiger partial charge is 0.456 e. The number of thiophene rings is 1. The molecule has 5 heterocycles. The lowest BCUT2D eigenvalue weighted by Gasteiger charge is -2.51. The average Bonchev–Trinajstić information content (AvgIpc) is 4.30. The number of para-hydroxylation sites is 2. The molecule has 9 aromatic rings. The molecule has 1 fully saturated rings. The Kier molecular flexibility index (Phi) is 11.0. The summed E-state index contributed by atoms with van der Waals surface area (Å²) in [5.74, 6) is -3.88. The summed E-state index contributed by atoms with van der Waals surface area (Å²) in [7, 11) is 0. The van der Waals surface area contributed by atoms with Crippen LogP contribution in [0.1, 0.15) is 123 Å². The molecule has 386 valence electrons. The van der Waals surface area contributed by atoms with Crippen molar-refractivity contribution in [3.05, 3.63) is 185 Å². The molecule has 2 atom stereocenters. The van der Waals surface area contributed by atoms with Gasteiger partial charge < -0.3 is 19.1 Å². The number of hydrogen-bond acceptors (Lipinski definition) is 5. The van der Waals surface area contributed by atoms with Gasteiger partial charge in [0.25, 0.3) is 6.71 Å². The molecule has 1 saturated carbocycles. The third kappa shape index (κ3) is 7.10. The van der Waals surface area contributed by atoms with E-state index in [0.717, 1.165) is 64.2 Å². The van der Waals surface area contributed by atoms with Crippen LogP contribution < -0.4 is 30.4 Å². The number of hydrogen-bond donors (Lipinski definition) is 0. The maximum Gasteiger partial charge on any atom is 0.264 e. The van der Waals surface area contributed by atoms with Gasteiger partial charge in [0.15, 0.2) is 17.5 Å². The lowest BCUT2D eigenvalue weighted by atomic mass is 9.36. The standard InChI is InChI=1S/C68H63BF3N3OS/c1-12-20-46-58(57(39(2)3)61(71)62(72)60(46)70)55-34-40-33-49-51(38-54(40)76-55)73(43-21-14-13-15-22-43)52-36-45(75-50-24-17-16-23-48(50)67(10)31-18-19-32-68(67,75)11)37-53-59(52)69(49)64-63(47-35-42(66(7,8)9)27-30-56(47)77-64)74(53)44-28-25-41(26-29-44)65(4,5)6/h12-17,20-30,33-38H,2,18-19,31-32H2,1,3-11H3/b20-12+. The maximum atomic E-state index is 16.1. The molecule has 0 radical (unpaired) electrons. The lowest BCUT2D eigenvalue weighted by molar-refractivity contribution is 0.195. The van der Waals surface area contributed by atoms with E-state index in [0.29, 0.717) is 5.58 Å². The quantitative estimate of drug-likeness (QED) is 0.122. The van der Waals surface area contributed by atoms with E-state index in [-0.39, 0.29) is 56.5 Å². The van der Waals surface area contributed by atoms with Crippen LogP contribution in [-0.2, 0) is 16.2 Å². The molecule has 0 bridgehead atoms. The monoisotopic (exact) mass is 1040 g/mol. The number of halogens is 3. The molecule has 1 aliphatic carbocycles. The van der Waals surface area contributed by atoms with Crippen molar-refractivity contribution in [3.63, 3.8) is 0 Å². The number of nitrogens with zero attached hydrogens (tertiary/aromatic N) is 3. The van der Waals surface area contributed by atoms with Gasteiger partial charge in [-0.2, -0.15) is 0 Å². The Morgan fingerprint density at radius 3 is 2.05 bits per heavy atom. The molecule has 4 nitrogen and oxygen atoms in total. The minimum Gasteiger partial charge on any atom is -0.456 e. The Hall–Kier alpha value is -7.23. The first-order valence-electron chi connectivity index (χ1n) is 27.2. The molecule has 0 N–H and O–H groups in total. The summed E-state index contributed by atoms with van der Waals surface area (Å²) < 4.78 is 56.8. The number of furan rings is 1. The Morgan fingerprint density at radius 2 is 1.35 bits per heavy atom. The first-order valence-corrected chi connectivity index (χ1v) is 28.0. The van der Waals surface area contributed by atoms with Gasteiger partial charge in [0.2, 0.25) is 0 Å². The highest BCUT2D eigenvalue weighted by molar-refractivity contribution is 7.33. The van der Waals surface area contributed by atoms with Gasteiger partial charge in [0.1, 0.15) is 11.3 Å². The number of benzene rings is 7. The zero-order valence-corrected chi connectivity index (χ0v) is 46.5. The normalized spacial score (nSPS) is 18.8. The van der Waals surface area contributed by atoms with Gasteiger partial charge in [-0.15, -0.1) is 11.3 Å². The molecule has 77 heavy (non-hydrogen) atoms. The Morgan fingerprint density at radius 1 is 0.688 bits per heavy atom. The molecule has 0 spiro atoms. The number of anilines is 8. The van der Waals surface area contributed by atoms with Crippen LogP contribution in [0.25, 0.3) is 44.0 Å². The van der Waals surface area contributed by atoms with E-state index >= 15 is 13.2 Å². The first kappa shape index (κ1) is 49.4. The summed E-state index contributed by atoms with van der Waals surface area (Å²) >= 11 is 1.85. The molecule has 3 aliphatic heterocycles. The van der Waals surface area contributed by atoms with E-state index in [1.54, 1.807) is 19.9 Å². The van der Waals surface area contributed by atoms with Crippen molar-refractivity contribution in [2.45, 2.75) is 117 Å². The summed E-state index contributed by atoms with van der Waals surface area (Å²) in [5, 5.41) is 1.96. The van der Waals surface area contributed by atoms with Crippen molar-refractivity contribution in [1.82, 2.24) is 0 Å². The highest BCUT2D eigenvalue weighted by Crippen LogP contribution is 2.62. The summed E-state index contributed by atoms with van der Waals surface area (Å²) in [6, 6.07) is 47.1. The molecular weight excluding hydrogens is 975 g/mol. The third-order valence-electron chi connectivity index (χ3n) is 17.8.